The van der Waals surface area contributed by atoms with Gasteiger partial charge in [-0.25, -0.2) is 0 Å². The molecule has 0 aliphatic rings. The summed E-state index contributed by atoms with van der Waals surface area (Å²) in [5.74, 6) is 2.45. The molecule has 1 rings (SSSR count). The van der Waals surface area contributed by atoms with Gasteiger partial charge >= 0.3 is 0 Å². The summed E-state index contributed by atoms with van der Waals surface area (Å²) in [5.41, 5.74) is 8.16. The van der Waals surface area contributed by atoms with E-state index in [1.54, 1.807) is 14.2 Å². The molecule has 0 fully saturated rings. The topological polar surface area (TPSA) is 44.5 Å². The number of hydrogen-bond acceptors (Lipinski definition) is 3. The first-order chi connectivity index (χ1) is 8.06. The average molecular weight is 237 g/mol. The molecule has 0 aliphatic heterocycles. The predicted octanol–water partition coefficient (Wildman–Crippen LogP) is 2.89. The molecular formula is C14H23NO2. The molecule has 0 bridgehead atoms. The number of rotatable bonds is 5. The van der Waals surface area contributed by atoms with Crippen LogP contribution in [0, 0.1) is 0 Å². The van der Waals surface area contributed by atoms with E-state index in [-0.39, 0.29) is 5.92 Å². The number of methoxy groups -OCH3 is 2. The highest BCUT2D eigenvalue weighted by atomic mass is 16.5. The fraction of sp³-hybridized carbons (Fsp3) is 0.571. The molecule has 0 amide bonds. The lowest BCUT2D eigenvalue weighted by Gasteiger charge is -2.23. The number of ether oxygens (including phenoxy) is 2. The Labute approximate surface area is 104 Å². The van der Waals surface area contributed by atoms with E-state index in [9.17, 15) is 0 Å². The second-order valence-electron chi connectivity index (χ2n) is 4.59. The Hall–Kier alpha value is -1.22. The van der Waals surface area contributed by atoms with Crippen molar-refractivity contribution >= 4 is 0 Å². The van der Waals surface area contributed by atoms with E-state index >= 15 is 0 Å². The SMILES string of the molecule is COc1ccc(OC)c(C(C)CN)c1C(C)C. The van der Waals surface area contributed by atoms with Crippen LogP contribution >= 0.6 is 0 Å². The van der Waals surface area contributed by atoms with Gasteiger partial charge in [0.05, 0.1) is 14.2 Å². The van der Waals surface area contributed by atoms with E-state index in [2.05, 4.69) is 20.8 Å². The molecular weight excluding hydrogens is 214 g/mol. The average Bonchev–Trinajstić information content (AvgIpc) is 2.35. The Balaban J connectivity index is 3.46. The van der Waals surface area contributed by atoms with Crippen LogP contribution in [0.4, 0.5) is 0 Å². The first-order valence-corrected chi connectivity index (χ1v) is 6.01. The summed E-state index contributed by atoms with van der Waals surface area (Å²) in [6.45, 7) is 7.03. The minimum atomic E-state index is 0.262. The molecule has 1 aromatic carbocycles. The Morgan fingerprint density at radius 1 is 1.00 bits per heavy atom. The largest absolute Gasteiger partial charge is 0.496 e. The summed E-state index contributed by atoms with van der Waals surface area (Å²) in [5, 5.41) is 0. The third kappa shape index (κ3) is 2.72. The molecule has 1 aromatic rings. The van der Waals surface area contributed by atoms with Crippen molar-refractivity contribution in [3.8, 4) is 11.5 Å². The lowest BCUT2D eigenvalue weighted by Crippen LogP contribution is -2.13. The minimum Gasteiger partial charge on any atom is -0.496 e. The van der Waals surface area contributed by atoms with E-state index in [0.717, 1.165) is 11.5 Å². The van der Waals surface area contributed by atoms with E-state index in [4.69, 9.17) is 15.2 Å². The van der Waals surface area contributed by atoms with E-state index in [1.807, 2.05) is 12.1 Å². The van der Waals surface area contributed by atoms with Gasteiger partial charge in [0.25, 0.3) is 0 Å². The first-order valence-electron chi connectivity index (χ1n) is 6.01. The standard InChI is InChI=1S/C14H23NO2/c1-9(2)13-11(16-4)6-7-12(17-5)14(13)10(3)8-15/h6-7,9-10H,8,15H2,1-5H3. The van der Waals surface area contributed by atoms with Crippen molar-refractivity contribution in [1.82, 2.24) is 0 Å². The summed E-state index contributed by atoms with van der Waals surface area (Å²) in [4.78, 5) is 0. The molecule has 3 heteroatoms. The van der Waals surface area contributed by atoms with Gasteiger partial charge in [-0.3, -0.25) is 0 Å². The van der Waals surface area contributed by atoms with Crippen LogP contribution < -0.4 is 15.2 Å². The molecule has 0 aromatic heterocycles. The smallest absolute Gasteiger partial charge is 0.122 e. The highest BCUT2D eigenvalue weighted by molar-refractivity contribution is 5.52. The van der Waals surface area contributed by atoms with Gasteiger partial charge in [0.15, 0.2) is 0 Å². The molecule has 3 nitrogen and oxygen atoms in total. The lowest BCUT2D eigenvalue weighted by molar-refractivity contribution is 0.389. The molecule has 0 spiro atoms. The van der Waals surface area contributed by atoms with Gasteiger partial charge in [-0.1, -0.05) is 20.8 Å². The normalized spacial score (nSPS) is 12.6. The van der Waals surface area contributed by atoms with Crippen molar-refractivity contribution in [3.63, 3.8) is 0 Å². The van der Waals surface area contributed by atoms with Crippen molar-refractivity contribution in [1.29, 1.82) is 0 Å². The van der Waals surface area contributed by atoms with Gasteiger partial charge in [-0.15, -0.1) is 0 Å². The van der Waals surface area contributed by atoms with Crippen LogP contribution in [0.1, 0.15) is 43.7 Å². The summed E-state index contributed by atoms with van der Waals surface area (Å²) in [6.07, 6.45) is 0. The van der Waals surface area contributed by atoms with Gasteiger partial charge < -0.3 is 15.2 Å². The Bertz CT molecular complexity index is 375. The molecule has 96 valence electrons. The van der Waals surface area contributed by atoms with Crippen LogP contribution in [0.25, 0.3) is 0 Å². The first kappa shape index (κ1) is 13.8. The molecule has 0 saturated carbocycles. The van der Waals surface area contributed by atoms with Crippen molar-refractivity contribution in [2.75, 3.05) is 20.8 Å². The van der Waals surface area contributed by atoms with E-state index < -0.39 is 0 Å². The zero-order valence-corrected chi connectivity index (χ0v) is 11.4. The highest BCUT2D eigenvalue weighted by Gasteiger charge is 2.21. The number of hydrogen-bond donors (Lipinski definition) is 1. The number of nitrogens with two attached hydrogens (primary N) is 1. The summed E-state index contributed by atoms with van der Waals surface area (Å²) in [6, 6.07) is 3.91. The third-order valence-electron chi connectivity index (χ3n) is 3.07. The minimum absolute atomic E-state index is 0.262. The zero-order valence-electron chi connectivity index (χ0n) is 11.4. The van der Waals surface area contributed by atoms with Crippen LogP contribution in [0.15, 0.2) is 12.1 Å². The quantitative estimate of drug-likeness (QED) is 0.856. The van der Waals surface area contributed by atoms with E-state index in [1.165, 1.54) is 11.1 Å². The molecule has 0 radical (unpaired) electrons. The Kier molecular flexibility index (Phi) is 4.82. The fourth-order valence-corrected chi connectivity index (χ4v) is 2.17. The zero-order chi connectivity index (χ0) is 13.0. The summed E-state index contributed by atoms with van der Waals surface area (Å²) in [7, 11) is 3.39. The predicted molar refractivity (Wildman–Crippen MR) is 71.1 cm³/mol. The van der Waals surface area contributed by atoms with Crippen molar-refractivity contribution in [3.05, 3.63) is 23.3 Å². The molecule has 1 unspecified atom stereocenters. The molecule has 1 atom stereocenters. The Morgan fingerprint density at radius 3 is 1.82 bits per heavy atom. The van der Waals surface area contributed by atoms with Gasteiger partial charge in [0.2, 0.25) is 0 Å². The fourth-order valence-electron chi connectivity index (χ4n) is 2.17. The maximum atomic E-state index is 5.79. The monoisotopic (exact) mass is 237 g/mol. The van der Waals surface area contributed by atoms with Crippen LogP contribution in [-0.4, -0.2) is 20.8 Å². The van der Waals surface area contributed by atoms with Crippen LogP contribution in [0.3, 0.4) is 0 Å². The molecule has 2 N–H and O–H groups in total. The van der Waals surface area contributed by atoms with Gasteiger partial charge in [-0.2, -0.15) is 0 Å². The molecule has 17 heavy (non-hydrogen) atoms. The molecule has 0 saturated heterocycles. The summed E-state index contributed by atoms with van der Waals surface area (Å²) < 4.78 is 10.9. The van der Waals surface area contributed by atoms with E-state index in [0.29, 0.717) is 12.5 Å². The van der Waals surface area contributed by atoms with Crippen molar-refractivity contribution in [2.45, 2.75) is 32.6 Å². The maximum absolute atomic E-state index is 5.79. The van der Waals surface area contributed by atoms with Gasteiger partial charge in [0.1, 0.15) is 11.5 Å². The Morgan fingerprint density at radius 2 is 1.47 bits per heavy atom. The maximum Gasteiger partial charge on any atom is 0.122 e. The molecule has 0 aliphatic carbocycles. The third-order valence-corrected chi connectivity index (χ3v) is 3.07. The van der Waals surface area contributed by atoms with Gasteiger partial charge in [0, 0.05) is 11.1 Å². The van der Waals surface area contributed by atoms with Crippen molar-refractivity contribution < 1.29 is 9.47 Å². The lowest BCUT2D eigenvalue weighted by atomic mass is 9.88. The summed E-state index contributed by atoms with van der Waals surface area (Å²) >= 11 is 0. The second-order valence-corrected chi connectivity index (χ2v) is 4.59. The highest BCUT2D eigenvalue weighted by Crippen LogP contribution is 2.39. The molecule has 0 heterocycles. The van der Waals surface area contributed by atoms with Gasteiger partial charge in [-0.05, 0) is 30.5 Å². The number of benzene rings is 1. The second kappa shape index (κ2) is 5.92. The van der Waals surface area contributed by atoms with Crippen molar-refractivity contribution in [2.24, 2.45) is 5.73 Å². The van der Waals surface area contributed by atoms with Crippen LogP contribution in [-0.2, 0) is 0 Å². The van der Waals surface area contributed by atoms with Crippen LogP contribution in [0.5, 0.6) is 11.5 Å². The van der Waals surface area contributed by atoms with Crippen LogP contribution in [0.2, 0.25) is 0 Å².